The second kappa shape index (κ2) is 7.07. The number of pyridine rings is 1. The Labute approximate surface area is 116 Å². The summed E-state index contributed by atoms with van der Waals surface area (Å²) < 4.78 is 0. The molecule has 20 heavy (non-hydrogen) atoms. The van der Waals surface area contributed by atoms with E-state index in [1.807, 2.05) is 0 Å². The fourth-order valence-electron chi connectivity index (χ4n) is 1.67. The first-order valence-corrected chi connectivity index (χ1v) is 6.19. The quantitative estimate of drug-likeness (QED) is 0.685. The van der Waals surface area contributed by atoms with E-state index in [9.17, 15) is 4.79 Å². The third-order valence-corrected chi connectivity index (χ3v) is 2.63. The van der Waals surface area contributed by atoms with E-state index in [0.717, 1.165) is 5.69 Å². The monoisotopic (exact) mass is 269 g/mol. The first-order chi connectivity index (χ1) is 9.81. The van der Waals surface area contributed by atoms with E-state index < -0.39 is 0 Å². The van der Waals surface area contributed by atoms with E-state index >= 15 is 0 Å². The van der Waals surface area contributed by atoms with Crippen LogP contribution in [0.4, 0.5) is 0 Å². The molecule has 4 N–H and O–H groups in total. The van der Waals surface area contributed by atoms with Gasteiger partial charge in [0.1, 0.15) is 0 Å². The maximum Gasteiger partial charge on any atom is 0.252 e. The SMILES string of the molecule is NCC#Cc1cnccc1C(=O)NCCc1cnc[nH]1. The number of nitrogens with two attached hydrogens (primary N) is 1. The number of aromatic amines is 1. The highest BCUT2D eigenvalue weighted by Gasteiger charge is 2.09. The van der Waals surface area contributed by atoms with E-state index in [0.29, 0.717) is 24.1 Å². The minimum Gasteiger partial charge on any atom is -0.352 e. The van der Waals surface area contributed by atoms with Crippen molar-refractivity contribution in [3.05, 3.63) is 47.8 Å². The summed E-state index contributed by atoms with van der Waals surface area (Å²) in [5.41, 5.74) is 7.39. The fourth-order valence-corrected chi connectivity index (χ4v) is 1.67. The number of amides is 1. The molecule has 0 saturated carbocycles. The highest BCUT2D eigenvalue weighted by atomic mass is 16.1. The maximum atomic E-state index is 12.1. The molecule has 2 aromatic heterocycles. The predicted molar refractivity (Wildman–Crippen MR) is 74.8 cm³/mol. The molecule has 0 aromatic carbocycles. The number of hydrogen-bond donors (Lipinski definition) is 3. The normalized spacial score (nSPS) is 9.65. The van der Waals surface area contributed by atoms with Crippen LogP contribution in [0, 0.1) is 11.8 Å². The van der Waals surface area contributed by atoms with Crippen molar-refractivity contribution in [2.75, 3.05) is 13.1 Å². The number of carbonyl (C=O) groups is 1. The van der Waals surface area contributed by atoms with E-state index in [1.54, 1.807) is 31.0 Å². The lowest BCUT2D eigenvalue weighted by Gasteiger charge is -2.05. The van der Waals surface area contributed by atoms with Gasteiger partial charge in [0.2, 0.25) is 0 Å². The van der Waals surface area contributed by atoms with Crippen molar-refractivity contribution in [3.8, 4) is 11.8 Å². The lowest BCUT2D eigenvalue weighted by molar-refractivity contribution is 0.0953. The Bertz CT molecular complexity index is 625. The number of imidazole rings is 1. The van der Waals surface area contributed by atoms with Gasteiger partial charge < -0.3 is 16.0 Å². The molecule has 102 valence electrons. The summed E-state index contributed by atoms with van der Waals surface area (Å²) in [6.07, 6.45) is 7.17. The molecule has 0 bridgehead atoms. The topological polar surface area (TPSA) is 96.7 Å². The Balaban J connectivity index is 1.98. The molecule has 6 nitrogen and oxygen atoms in total. The summed E-state index contributed by atoms with van der Waals surface area (Å²) in [7, 11) is 0. The van der Waals surface area contributed by atoms with E-state index in [-0.39, 0.29) is 12.5 Å². The summed E-state index contributed by atoms with van der Waals surface area (Å²) >= 11 is 0. The molecule has 6 heteroatoms. The number of nitrogens with one attached hydrogen (secondary N) is 2. The van der Waals surface area contributed by atoms with Crippen LogP contribution in [0.25, 0.3) is 0 Å². The molecule has 2 aromatic rings. The largest absolute Gasteiger partial charge is 0.352 e. The Kier molecular flexibility index (Phi) is 4.87. The van der Waals surface area contributed by atoms with Gasteiger partial charge in [-0.25, -0.2) is 4.98 Å². The molecule has 0 saturated heterocycles. The number of carbonyl (C=O) groups excluding carboxylic acids is 1. The minimum absolute atomic E-state index is 0.173. The smallest absolute Gasteiger partial charge is 0.252 e. The number of hydrogen-bond acceptors (Lipinski definition) is 4. The van der Waals surface area contributed by atoms with Gasteiger partial charge in [-0.3, -0.25) is 9.78 Å². The molecule has 0 aliphatic heterocycles. The van der Waals surface area contributed by atoms with Gasteiger partial charge in [-0.2, -0.15) is 0 Å². The highest BCUT2D eigenvalue weighted by Crippen LogP contribution is 2.05. The average molecular weight is 269 g/mol. The Morgan fingerprint density at radius 2 is 2.30 bits per heavy atom. The highest BCUT2D eigenvalue weighted by molar-refractivity contribution is 5.96. The van der Waals surface area contributed by atoms with Crippen LogP contribution in [0.3, 0.4) is 0 Å². The summed E-state index contributed by atoms with van der Waals surface area (Å²) in [5, 5.41) is 2.84. The fraction of sp³-hybridized carbons (Fsp3) is 0.214. The first kappa shape index (κ1) is 13.8. The van der Waals surface area contributed by atoms with E-state index in [2.05, 4.69) is 32.1 Å². The van der Waals surface area contributed by atoms with Crippen molar-refractivity contribution in [1.82, 2.24) is 20.3 Å². The van der Waals surface area contributed by atoms with E-state index in [1.165, 1.54) is 0 Å². The molecular weight excluding hydrogens is 254 g/mol. The van der Waals surface area contributed by atoms with Crippen LogP contribution in [0.1, 0.15) is 21.6 Å². The molecule has 2 rings (SSSR count). The third-order valence-electron chi connectivity index (χ3n) is 2.63. The third kappa shape index (κ3) is 3.67. The van der Waals surface area contributed by atoms with Gasteiger partial charge in [0.05, 0.1) is 24.0 Å². The van der Waals surface area contributed by atoms with Crippen LogP contribution in [0.2, 0.25) is 0 Å². The predicted octanol–water partition coefficient (Wildman–Crippen LogP) is 0.0874. The summed E-state index contributed by atoms with van der Waals surface area (Å²) in [5.74, 6) is 5.39. The number of H-pyrrole nitrogens is 1. The molecule has 0 fully saturated rings. The molecule has 0 atom stereocenters. The number of rotatable bonds is 4. The van der Waals surface area contributed by atoms with Gasteiger partial charge in [-0.05, 0) is 6.07 Å². The van der Waals surface area contributed by atoms with Gasteiger partial charge in [0, 0.05) is 37.3 Å². The molecule has 1 amide bonds. The van der Waals surface area contributed by atoms with Crippen LogP contribution in [0.15, 0.2) is 31.0 Å². The van der Waals surface area contributed by atoms with Crippen molar-refractivity contribution in [2.24, 2.45) is 5.73 Å². The standard InChI is InChI=1S/C14H15N5O/c15-5-1-2-11-8-16-6-4-13(11)14(20)18-7-3-12-9-17-10-19-12/h4,6,8-10H,3,5,7,15H2,(H,17,19)(H,18,20). The number of nitrogens with zero attached hydrogens (tertiary/aromatic N) is 2. The summed E-state index contributed by atoms with van der Waals surface area (Å²) in [6, 6.07) is 1.64. The van der Waals surface area contributed by atoms with Crippen molar-refractivity contribution >= 4 is 5.91 Å². The Hall–Kier alpha value is -2.65. The van der Waals surface area contributed by atoms with Gasteiger partial charge in [0.15, 0.2) is 0 Å². The molecule has 2 heterocycles. The molecule has 0 radical (unpaired) electrons. The van der Waals surface area contributed by atoms with Gasteiger partial charge in [-0.1, -0.05) is 11.8 Å². The van der Waals surface area contributed by atoms with Crippen LogP contribution in [0.5, 0.6) is 0 Å². The first-order valence-electron chi connectivity index (χ1n) is 6.19. The zero-order valence-corrected chi connectivity index (χ0v) is 10.9. The van der Waals surface area contributed by atoms with Crippen LogP contribution in [-0.2, 0) is 6.42 Å². The molecular formula is C14H15N5O. The van der Waals surface area contributed by atoms with Crippen molar-refractivity contribution < 1.29 is 4.79 Å². The van der Waals surface area contributed by atoms with Crippen LogP contribution < -0.4 is 11.1 Å². The minimum atomic E-state index is -0.173. The van der Waals surface area contributed by atoms with Crippen molar-refractivity contribution in [3.63, 3.8) is 0 Å². The van der Waals surface area contributed by atoms with Crippen LogP contribution in [-0.4, -0.2) is 33.9 Å². The molecule has 0 aliphatic carbocycles. The maximum absolute atomic E-state index is 12.1. The van der Waals surface area contributed by atoms with Crippen molar-refractivity contribution in [1.29, 1.82) is 0 Å². The van der Waals surface area contributed by atoms with Gasteiger partial charge in [-0.15, -0.1) is 0 Å². The second-order valence-electron chi connectivity index (χ2n) is 4.01. The summed E-state index contributed by atoms with van der Waals surface area (Å²) in [4.78, 5) is 23.0. The molecule has 0 unspecified atom stereocenters. The molecule has 0 aliphatic rings. The zero-order valence-electron chi connectivity index (χ0n) is 10.9. The summed E-state index contributed by atoms with van der Waals surface area (Å²) in [6.45, 7) is 0.767. The lowest BCUT2D eigenvalue weighted by Crippen LogP contribution is -2.26. The van der Waals surface area contributed by atoms with Crippen molar-refractivity contribution in [2.45, 2.75) is 6.42 Å². The second-order valence-corrected chi connectivity index (χ2v) is 4.01. The Morgan fingerprint density at radius 3 is 3.05 bits per heavy atom. The van der Waals surface area contributed by atoms with E-state index in [4.69, 9.17) is 5.73 Å². The van der Waals surface area contributed by atoms with Gasteiger partial charge in [0.25, 0.3) is 5.91 Å². The molecule has 0 spiro atoms. The number of aromatic nitrogens is 3. The van der Waals surface area contributed by atoms with Gasteiger partial charge >= 0.3 is 0 Å². The van der Waals surface area contributed by atoms with Crippen LogP contribution >= 0.6 is 0 Å². The Morgan fingerprint density at radius 1 is 1.40 bits per heavy atom. The average Bonchev–Trinajstić information content (AvgIpc) is 2.98. The zero-order chi connectivity index (χ0) is 14.2. The lowest BCUT2D eigenvalue weighted by atomic mass is 10.1.